The molecule has 6 nitrogen and oxygen atoms in total. The highest BCUT2D eigenvalue weighted by Gasteiger charge is 2.26. The van der Waals surface area contributed by atoms with Crippen molar-refractivity contribution >= 4 is 35.2 Å². The fraction of sp³-hybridized carbons (Fsp3) is 0.375. The lowest BCUT2D eigenvalue weighted by Crippen LogP contribution is -2.50. The van der Waals surface area contributed by atoms with Crippen LogP contribution in [0.4, 0.5) is 10.5 Å². The lowest BCUT2D eigenvalue weighted by Gasteiger charge is -2.34. The first-order valence-electron chi connectivity index (χ1n) is 10.8. The molecule has 2 aromatic carbocycles. The quantitative estimate of drug-likeness (QED) is 0.676. The van der Waals surface area contributed by atoms with Crippen LogP contribution in [0, 0.1) is 0 Å². The number of ether oxygens (including phenoxy) is 1. The summed E-state index contributed by atoms with van der Waals surface area (Å²) < 4.78 is 5.06. The third kappa shape index (κ3) is 4.61. The number of fused-ring (bicyclic) bond motifs is 2. The maximum absolute atomic E-state index is 13.1. The van der Waals surface area contributed by atoms with Crippen LogP contribution in [0.15, 0.2) is 57.2 Å². The highest BCUT2D eigenvalue weighted by Crippen LogP contribution is 2.41. The van der Waals surface area contributed by atoms with Crippen LogP contribution in [0.25, 0.3) is 0 Å². The van der Waals surface area contributed by atoms with Crippen molar-refractivity contribution in [3.63, 3.8) is 0 Å². The lowest BCUT2D eigenvalue weighted by atomic mass is 10.1. The van der Waals surface area contributed by atoms with Gasteiger partial charge in [-0.3, -0.25) is 9.79 Å². The van der Waals surface area contributed by atoms with Crippen LogP contribution in [0.5, 0.6) is 0 Å². The Morgan fingerprint density at radius 1 is 1.00 bits per heavy atom. The molecule has 0 unspecified atom stereocenters. The van der Waals surface area contributed by atoms with Gasteiger partial charge in [0.05, 0.1) is 12.3 Å². The number of hydrogen-bond acceptors (Lipinski definition) is 5. The van der Waals surface area contributed by atoms with Gasteiger partial charge < -0.3 is 14.5 Å². The Morgan fingerprint density at radius 2 is 1.74 bits per heavy atom. The number of aliphatic imine (C=N–C) groups is 1. The van der Waals surface area contributed by atoms with E-state index < -0.39 is 0 Å². The molecule has 2 aliphatic heterocycles. The first-order chi connectivity index (χ1) is 15.1. The standard InChI is InChI=1S/C24H27N3O3S/c1-3-7-19-18-8-5-6-9-21(18)31-22-11-10-17(16-20(22)25-19)23(28)26-12-14-27(15-13-26)24(29)30-4-2/h5-6,8-11,16H,3-4,7,12-15H2,1-2H3. The summed E-state index contributed by atoms with van der Waals surface area (Å²) in [5.41, 5.74) is 3.72. The van der Waals surface area contributed by atoms with Crippen molar-refractivity contribution < 1.29 is 14.3 Å². The van der Waals surface area contributed by atoms with Gasteiger partial charge in [0.2, 0.25) is 0 Å². The first-order valence-corrected chi connectivity index (χ1v) is 11.6. The SMILES string of the molecule is CCCC1=Nc2cc(C(=O)N3CCN(C(=O)OCC)CC3)ccc2Sc2ccccc21. The minimum Gasteiger partial charge on any atom is -0.450 e. The van der Waals surface area contributed by atoms with Crippen LogP contribution >= 0.6 is 11.8 Å². The van der Waals surface area contributed by atoms with E-state index in [1.165, 1.54) is 10.5 Å². The maximum atomic E-state index is 13.1. The zero-order valence-corrected chi connectivity index (χ0v) is 18.8. The van der Waals surface area contributed by atoms with E-state index in [1.807, 2.05) is 30.3 Å². The fourth-order valence-electron chi connectivity index (χ4n) is 3.86. The van der Waals surface area contributed by atoms with Crippen LogP contribution < -0.4 is 0 Å². The molecule has 7 heteroatoms. The molecule has 2 amide bonds. The van der Waals surface area contributed by atoms with E-state index in [4.69, 9.17) is 9.73 Å². The Labute approximate surface area is 187 Å². The smallest absolute Gasteiger partial charge is 0.409 e. The summed E-state index contributed by atoms with van der Waals surface area (Å²) in [7, 11) is 0. The Bertz CT molecular complexity index is 1010. The number of benzene rings is 2. The molecule has 1 fully saturated rings. The van der Waals surface area contributed by atoms with Gasteiger partial charge in [0, 0.05) is 52.8 Å². The van der Waals surface area contributed by atoms with Gasteiger partial charge in [0.15, 0.2) is 0 Å². The molecule has 4 rings (SSSR count). The summed E-state index contributed by atoms with van der Waals surface area (Å²) >= 11 is 1.70. The zero-order valence-electron chi connectivity index (χ0n) is 18.0. The molecule has 2 aliphatic rings. The summed E-state index contributed by atoms with van der Waals surface area (Å²) in [5, 5.41) is 0. The van der Waals surface area contributed by atoms with Gasteiger partial charge in [0.25, 0.3) is 5.91 Å². The van der Waals surface area contributed by atoms with Gasteiger partial charge in [-0.1, -0.05) is 43.3 Å². The largest absolute Gasteiger partial charge is 0.450 e. The van der Waals surface area contributed by atoms with Gasteiger partial charge in [-0.15, -0.1) is 0 Å². The van der Waals surface area contributed by atoms with Crippen molar-refractivity contribution in [1.29, 1.82) is 0 Å². The average Bonchev–Trinajstić information content (AvgIpc) is 2.95. The number of carbonyl (C=O) groups is 2. The second kappa shape index (κ2) is 9.56. The summed E-state index contributed by atoms with van der Waals surface area (Å²) in [5.74, 6) is -0.0229. The van der Waals surface area contributed by atoms with Crippen LogP contribution in [0.1, 0.15) is 42.6 Å². The summed E-state index contributed by atoms with van der Waals surface area (Å²) in [6.07, 6.45) is 1.59. The van der Waals surface area contributed by atoms with E-state index in [0.717, 1.165) is 29.1 Å². The van der Waals surface area contributed by atoms with E-state index in [1.54, 1.807) is 28.5 Å². The number of nitrogens with zero attached hydrogens (tertiary/aromatic N) is 3. The molecule has 1 saturated heterocycles. The lowest BCUT2D eigenvalue weighted by molar-refractivity contribution is 0.0570. The minimum atomic E-state index is -0.311. The van der Waals surface area contributed by atoms with E-state index in [-0.39, 0.29) is 12.0 Å². The zero-order chi connectivity index (χ0) is 21.8. The fourth-order valence-corrected chi connectivity index (χ4v) is 4.88. The molecular weight excluding hydrogens is 410 g/mol. The van der Waals surface area contributed by atoms with Gasteiger partial charge in [-0.25, -0.2) is 4.79 Å². The third-order valence-corrected chi connectivity index (χ3v) is 6.60. The summed E-state index contributed by atoms with van der Waals surface area (Å²) in [4.78, 5) is 35.7. The molecule has 0 aliphatic carbocycles. The highest BCUT2D eigenvalue weighted by molar-refractivity contribution is 7.99. The number of piperazine rings is 1. The Kier molecular flexibility index (Phi) is 6.61. The molecule has 0 saturated carbocycles. The Hall–Kier alpha value is -2.80. The first kappa shape index (κ1) is 21.4. The van der Waals surface area contributed by atoms with Gasteiger partial charge in [-0.2, -0.15) is 0 Å². The molecule has 0 aromatic heterocycles. The predicted molar refractivity (Wildman–Crippen MR) is 123 cm³/mol. The topological polar surface area (TPSA) is 62.2 Å². The molecule has 0 atom stereocenters. The van der Waals surface area contributed by atoms with E-state index in [2.05, 4.69) is 19.1 Å². The second-order valence-corrected chi connectivity index (χ2v) is 8.65. The van der Waals surface area contributed by atoms with Crippen molar-refractivity contribution in [2.24, 2.45) is 4.99 Å². The van der Waals surface area contributed by atoms with Crippen molar-refractivity contribution in [2.45, 2.75) is 36.5 Å². The van der Waals surface area contributed by atoms with Crippen LogP contribution in [0.3, 0.4) is 0 Å². The predicted octanol–water partition coefficient (Wildman–Crippen LogP) is 4.99. The molecule has 0 radical (unpaired) electrons. The minimum absolute atomic E-state index is 0.0229. The van der Waals surface area contributed by atoms with E-state index in [9.17, 15) is 9.59 Å². The summed E-state index contributed by atoms with van der Waals surface area (Å²) in [6, 6.07) is 14.1. The highest BCUT2D eigenvalue weighted by atomic mass is 32.2. The molecule has 162 valence electrons. The monoisotopic (exact) mass is 437 g/mol. The van der Waals surface area contributed by atoms with Crippen molar-refractivity contribution in [2.75, 3.05) is 32.8 Å². The number of amides is 2. The van der Waals surface area contributed by atoms with Gasteiger partial charge in [-0.05, 0) is 37.6 Å². The van der Waals surface area contributed by atoms with E-state index in [0.29, 0.717) is 38.3 Å². The number of carbonyl (C=O) groups excluding carboxylic acids is 2. The molecule has 2 aromatic rings. The average molecular weight is 438 g/mol. The van der Waals surface area contributed by atoms with Gasteiger partial charge >= 0.3 is 6.09 Å². The molecule has 0 N–H and O–H groups in total. The van der Waals surface area contributed by atoms with Crippen LogP contribution in [0.2, 0.25) is 0 Å². The molecule has 31 heavy (non-hydrogen) atoms. The Morgan fingerprint density at radius 3 is 2.48 bits per heavy atom. The second-order valence-electron chi connectivity index (χ2n) is 7.57. The molecule has 0 spiro atoms. The van der Waals surface area contributed by atoms with Crippen LogP contribution in [-0.4, -0.2) is 60.3 Å². The van der Waals surface area contributed by atoms with Crippen LogP contribution in [-0.2, 0) is 4.74 Å². The van der Waals surface area contributed by atoms with Crippen molar-refractivity contribution in [3.05, 3.63) is 53.6 Å². The summed E-state index contributed by atoms with van der Waals surface area (Å²) in [6.45, 7) is 6.27. The van der Waals surface area contributed by atoms with Gasteiger partial charge in [0.1, 0.15) is 0 Å². The number of rotatable bonds is 4. The number of hydrogen-bond donors (Lipinski definition) is 0. The molecule has 2 heterocycles. The van der Waals surface area contributed by atoms with Crippen molar-refractivity contribution in [3.8, 4) is 0 Å². The molecular formula is C24H27N3O3S. The third-order valence-electron chi connectivity index (χ3n) is 5.46. The molecule has 0 bridgehead atoms. The maximum Gasteiger partial charge on any atom is 0.409 e. The Balaban J connectivity index is 1.55. The normalized spacial score (nSPS) is 15.5. The van der Waals surface area contributed by atoms with Crippen molar-refractivity contribution in [1.82, 2.24) is 9.80 Å². The van der Waals surface area contributed by atoms with E-state index >= 15 is 0 Å².